The number of aromatic nitrogens is 2. The molecule has 0 radical (unpaired) electrons. The summed E-state index contributed by atoms with van der Waals surface area (Å²) in [6.45, 7) is 6.48. The summed E-state index contributed by atoms with van der Waals surface area (Å²) in [5.41, 5.74) is -1.82. The zero-order chi connectivity index (χ0) is 17.0. The molecule has 0 atom stereocenters. The van der Waals surface area contributed by atoms with Crippen molar-refractivity contribution < 1.29 is 23.4 Å². The van der Waals surface area contributed by atoms with Crippen LogP contribution in [0.2, 0.25) is 0 Å². The number of nitrogens with zero attached hydrogens (tertiary/aromatic N) is 2. The van der Waals surface area contributed by atoms with E-state index in [1.54, 1.807) is 13.8 Å². The largest absolute Gasteiger partial charge is 0.491 e. The van der Waals surface area contributed by atoms with Gasteiger partial charge in [0.05, 0.1) is 6.61 Å². The average molecular weight is 318 g/mol. The van der Waals surface area contributed by atoms with E-state index in [1.807, 2.05) is 13.8 Å². The van der Waals surface area contributed by atoms with E-state index < -0.39 is 30.1 Å². The van der Waals surface area contributed by atoms with Crippen molar-refractivity contribution in [2.45, 2.75) is 46.6 Å². The van der Waals surface area contributed by atoms with Gasteiger partial charge in [-0.3, -0.25) is 9.59 Å². The number of hydrogen-bond acceptors (Lipinski definition) is 4. The lowest BCUT2D eigenvalue weighted by Gasteiger charge is -2.19. The maximum atomic E-state index is 13.3. The summed E-state index contributed by atoms with van der Waals surface area (Å²) in [5, 5.41) is 12.7. The summed E-state index contributed by atoms with van der Waals surface area (Å²) in [5.74, 6) is -1.79. The molecule has 0 saturated carbocycles. The Morgan fingerprint density at radius 1 is 1.32 bits per heavy atom. The molecule has 0 bridgehead atoms. The Bertz CT molecular complexity index is 597. The van der Waals surface area contributed by atoms with Crippen LogP contribution in [0.4, 0.5) is 8.78 Å². The molecule has 6 nitrogen and oxygen atoms in total. The molecule has 0 aliphatic rings. The normalized spacial score (nSPS) is 11.5. The Kier molecular flexibility index (Phi) is 6.01. The number of carbonyl (C=O) groups is 1. The first-order valence-corrected chi connectivity index (χ1v) is 6.92. The van der Waals surface area contributed by atoms with Gasteiger partial charge in [-0.2, -0.15) is 5.10 Å². The Hall–Kier alpha value is -1.99. The van der Waals surface area contributed by atoms with E-state index in [1.165, 1.54) is 0 Å². The summed E-state index contributed by atoms with van der Waals surface area (Å²) in [6.07, 6.45) is -3.07. The molecule has 1 heterocycles. The molecule has 0 amide bonds. The number of carboxylic acids is 1. The maximum absolute atomic E-state index is 13.3. The summed E-state index contributed by atoms with van der Waals surface area (Å²) in [7, 11) is 0. The number of aliphatic carboxylic acids is 1. The molecule has 0 aliphatic heterocycles. The third kappa shape index (κ3) is 4.25. The molecule has 8 heteroatoms. The molecule has 124 valence electrons. The summed E-state index contributed by atoms with van der Waals surface area (Å²) in [4.78, 5) is 22.8. The fourth-order valence-electron chi connectivity index (χ4n) is 1.80. The SMILES string of the molecule is CC(C)COc1c(C(C)C)nn(CC(=O)O)c(=O)c1C(F)F. The molecule has 0 aliphatic carbocycles. The minimum absolute atomic E-state index is 0.0759. The Balaban J connectivity index is 3.53. The lowest BCUT2D eigenvalue weighted by atomic mass is 10.1. The van der Waals surface area contributed by atoms with Gasteiger partial charge >= 0.3 is 5.97 Å². The average Bonchev–Trinajstić information content (AvgIpc) is 2.37. The topological polar surface area (TPSA) is 81.4 Å². The predicted molar refractivity (Wildman–Crippen MR) is 75.5 cm³/mol. The molecule has 0 spiro atoms. The Labute approximate surface area is 126 Å². The highest BCUT2D eigenvalue weighted by atomic mass is 19.3. The van der Waals surface area contributed by atoms with Gasteiger partial charge in [-0.1, -0.05) is 27.7 Å². The van der Waals surface area contributed by atoms with E-state index in [0.29, 0.717) is 4.68 Å². The molecule has 22 heavy (non-hydrogen) atoms. The van der Waals surface area contributed by atoms with Crippen molar-refractivity contribution in [2.24, 2.45) is 5.92 Å². The highest BCUT2D eigenvalue weighted by Gasteiger charge is 2.27. The standard InChI is InChI=1S/C14H20F2N2O4/c1-7(2)6-22-12-10(13(15)16)14(21)18(5-9(19)20)17-11(12)8(3)4/h7-8,13H,5-6H2,1-4H3,(H,19,20). The second-order valence-corrected chi connectivity index (χ2v) is 5.64. The maximum Gasteiger partial charge on any atom is 0.325 e. The first kappa shape index (κ1) is 18.1. The number of ether oxygens (including phenoxy) is 1. The van der Waals surface area contributed by atoms with E-state index >= 15 is 0 Å². The molecule has 1 aromatic heterocycles. The third-order valence-corrected chi connectivity index (χ3v) is 2.78. The number of halogens is 2. The summed E-state index contributed by atoms with van der Waals surface area (Å²) < 4.78 is 32.5. The molecule has 1 aromatic rings. The first-order valence-electron chi connectivity index (χ1n) is 6.92. The summed E-state index contributed by atoms with van der Waals surface area (Å²) in [6, 6.07) is 0. The van der Waals surface area contributed by atoms with Crippen LogP contribution in [0, 0.1) is 5.92 Å². The monoisotopic (exact) mass is 318 g/mol. The molecule has 0 unspecified atom stereocenters. The van der Waals surface area contributed by atoms with E-state index in [2.05, 4.69) is 5.10 Å². The van der Waals surface area contributed by atoms with Gasteiger partial charge in [0.2, 0.25) is 0 Å². The van der Waals surface area contributed by atoms with Crippen LogP contribution >= 0.6 is 0 Å². The number of carboxylic acid groups (broad SMARTS) is 1. The lowest BCUT2D eigenvalue weighted by Crippen LogP contribution is -2.32. The van der Waals surface area contributed by atoms with Crippen molar-refractivity contribution in [3.8, 4) is 5.75 Å². The van der Waals surface area contributed by atoms with Crippen LogP contribution < -0.4 is 10.3 Å². The molecule has 0 fully saturated rings. The van der Waals surface area contributed by atoms with E-state index in [-0.39, 0.29) is 29.9 Å². The fraction of sp³-hybridized carbons (Fsp3) is 0.643. The van der Waals surface area contributed by atoms with Gasteiger partial charge in [-0.25, -0.2) is 13.5 Å². The molecule has 1 rings (SSSR count). The van der Waals surface area contributed by atoms with E-state index in [0.717, 1.165) is 0 Å². The Morgan fingerprint density at radius 3 is 2.32 bits per heavy atom. The molecular weight excluding hydrogens is 298 g/mol. The van der Waals surface area contributed by atoms with Crippen molar-refractivity contribution in [2.75, 3.05) is 6.61 Å². The van der Waals surface area contributed by atoms with Crippen molar-refractivity contribution in [1.29, 1.82) is 0 Å². The predicted octanol–water partition coefficient (Wildman–Crippen LogP) is 2.42. The summed E-state index contributed by atoms with van der Waals surface area (Å²) >= 11 is 0. The van der Waals surface area contributed by atoms with Gasteiger partial charge in [-0.05, 0) is 5.92 Å². The van der Waals surface area contributed by atoms with Crippen molar-refractivity contribution in [3.63, 3.8) is 0 Å². The van der Waals surface area contributed by atoms with Gasteiger partial charge in [0, 0.05) is 5.92 Å². The number of alkyl halides is 2. The smallest absolute Gasteiger partial charge is 0.325 e. The zero-order valence-corrected chi connectivity index (χ0v) is 13.0. The van der Waals surface area contributed by atoms with E-state index in [4.69, 9.17) is 9.84 Å². The quantitative estimate of drug-likeness (QED) is 0.835. The van der Waals surface area contributed by atoms with Crippen LogP contribution in [0.15, 0.2) is 4.79 Å². The molecule has 0 aromatic carbocycles. The molecular formula is C14H20F2N2O4. The van der Waals surface area contributed by atoms with Gasteiger partial charge in [0.1, 0.15) is 17.8 Å². The molecule has 0 saturated heterocycles. The van der Waals surface area contributed by atoms with Crippen LogP contribution in [-0.2, 0) is 11.3 Å². The minimum atomic E-state index is -3.07. The number of hydrogen-bond donors (Lipinski definition) is 1. The zero-order valence-electron chi connectivity index (χ0n) is 13.0. The lowest BCUT2D eigenvalue weighted by molar-refractivity contribution is -0.138. The van der Waals surface area contributed by atoms with Gasteiger partial charge < -0.3 is 9.84 Å². The third-order valence-electron chi connectivity index (χ3n) is 2.78. The highest BCUT2D eigenvalue weighted by molar-refractivity contribution is 5.66. The first-order chi connectivity index (χ1) is 10.1. The van der Waals surface area contributed by atoms with Crippen LogP contribution in [0.5, 0.6) is 5.75 Å². The van der Waals surface area contributed by atoms with Gasteiger partial charge in [-0.15, -0.1) is 0 Å². The number of rotatable bonds is 7. The van der Waals surface area contributed by atoms with Crippen LogP contribution in [0.3, 0.4) is 0 Å². The highest BCUT2D eigenvalue weighted by Crippen LogP contribution is 2.32. The van der Waals surface area contributed by atoms with Gasteiger partial charge in [0.15, 0.2) is 5.75 Å². The van der Waals surface area contributed by atoms with Crippen LogP contribution in [-0.4, -0.2) is 27.5 Å². The van der Waals surface area contributed by atoms with Crippen molar-refractivity contribution in [3.05, 3.63) is 21.6 Å². The second-order valence-electron chi connectivity index (χ2n) is 5.64. The minimum Gasteiger partial charge on any atom is -0.491 e. The van der Waals surface area contributed by atoms with E-state index in [9.17, 15) is 18.4 Å². The van der Waals surface area contributed by atoms with Crippen molar-refractivity contribution in [1.82, 2.24) is 9.78 Å². The van der Waals surface area contributed by atoms with Crippen molar-refractivity contribution >= 4 is 5.97 Å². The second kappa shape index (κ2) is 7.33. The van der Waals surface area contributed by atoms with Crippen LogP contribution in [0.1, 0.15) is 51.3 Å². The molecule has 1 N–H and O–H groups in total. The van der Waals surface area contributed by atoms with Crippen LogP contribution in [0.25, 0.3) is 0 Å². The fourth-order valence-corrected chi connectivity index (χ4v) is 1.80. The van der Waals surface area contributed by atoms with Gasteiger partial charge in [0.25, 0.3) is 12.0 Å². The Morgan fingerprint density at radius 2 is 1.91 bits per heavy atom.